The van der Waals surface area contributed by atoms with Crippen LogP contribution in [0.1, 0.15) is 37.0 Å². The lowest BCUT2D eigenvalue weighted by Crippen LogP contribution is -2.35. The third-order valence-corrected chi connectivity index (χ3v) is 3.46. The van der Waals surface area contributed by atoms with Gasteiger partial charge in [0.15, 0.2) is 0 Å². The predicted octanol–water partition coefficient (Wildman–Crippen LogP) is 2.74. The molecule has 0 radical (unpaired) electrons. The SMILES string of the molecule is CCCNc1ncc(Br)cc1C(=O)NC(C)CCN(C)C. The lowest BCUT2D eigenvalue weighted by molar-refractivity contribution is 0.0937. The minimum atomic E-state index is -0.0892. The van der Waals surface area contributed by atoms with Crippen LogP contribution in [-0.4, -0.2) is 49.0 Å². The van der Waals surface area contributed by atoms with Crippen LogP contribution in [0.3, 0.4) is 0 Å². The molecule has 0 aliphatic carbocycles. The van der Waals surface area contributed by atoms with Crippen molar-refractivity contribution in [2.75, 3.05) is 32.5 Å². The van der Waals surface area contributed by atoms with Crippen molar-refractivity contribution in [3.05, 3.63) is 22.3 Å². The maximum atomic E-state index is 12.4. The molecule has 1 aromatic heterocycles. The van der Waals surface area contributed by atoms with Crippen LogP contribution in [0, 0.1) is 0 Å². The summed E-state index contributed by atoms with van der Waals surface area (Å²) in [6.07, 6.45) is 3.60. The normalized spacial score (nSPS) is 12.3. The molecule has 1 aromatic rings. The Morgan fingerprint density at radius 2 is 2.19 bits per heavy atom. The summed E-state index contributed by atoms with van der Waals surface area (Å²) in [6, 6.07) is 1.93. The van der Waals surface area contributed by atoms with Gasteiger partial charge in [0.25, 0.3) is 5.91 Å². The zero-order chi connectivity index (χ0) is 15.8. The Morgan fingerprint density at radius 3 is 2.81 bits per heavy atom. The molecule has 1 unspecified atom stereocenters. The molecule has 21 heavy (non-hydrogen) atoms. The van der Waals surface area contributed by atoms with Crippen molar-refractivity contribution in [1.29, 1.82) is 0 Å². The van der Waals surface area contributed by atoms with Crippen LogP contribution >= 0.6 is 15.9 Å². The summed E-state index contributed by atoms with van der Waals surface area (Å²) in [5.74, 6) is 0.547. The highest BCUT2D eigenvalue weighted by Gasteiger charge is 2.15. The van der Waals surface area contributed by atoms with Gasteiger partial charge in [-0.3, -0.25) is 4.79 Å². The average Bonchev–Trinajstić information content (AvgIpc) is 2.43. The van der Waals surface area contributed by atoms with E-state index in [0.717, 1.165) is 30.4 Å². The summed E-state index contributed by atoms with van der Waals surface area (Å²) < 4.78 is 0.802. The smallest absolute Gasteiger partial charge is 0.255 e. The zero-order valence-corrected chi connectivity index (χ0v) is 14.8. The van der Waals surface area contributed by atoms with E-state index in [9.17, 15) is 4.79 Å². The van der Waals surface area contributed by atoms with Gasteiger partial charge >= 0.3 is 0 Å². The summed E-state index contributed by atoms with van der Waals surface area (Å²) in [5.41, 5.74) is 0.578. The van der Waals surface area contributed by atoms with Gasteiger partial charge in [-0.05, 0) is 62.4 Å². The highest BCUT2D eigenvalue weighted by atomic mass is 79.9. The number of halogens is 1. The molecule has 5 nitrogen and oxygen atoms in total. The van der Waals surface area contributed by atoms with Crippen LogP contribution in [0.5, 0.6) is 0 Å². The van der Waals surface area contributed by atoms with E-state index < -0.39 is 0 Å². The summed E-state index contributed by atoms with van der Waals surface area (Å²) in [4.78, 5) is 18.8. The summed E-state index contributed by atoms with van der Waals surface area (Å²) >= 11 is 3.37. The first-order chi connectivity index (χ1) is 9.93. The van der Waals surface area contributed by atoms with Gasteiger partial charge in [0.1, 0.15) is 5.82 Å². The first-order valence-electron chi connectivity index (χ1n) is 7.29. The molecule has 2 N–H and O–H groups in total. The van der Waals surface area contributed by atoms with Gasteiger partial charge in [-0.25, -0.2) is 4.98 Å². The predicted molar refractivity (Wildman–Crippen MR) is 90.8 cm³/mol. The first kappa shape index (κ1) is 17.9. The fourth-order valence-electron chi connectivity index (χ4n) is 1.82. The molecule has 1 rings (SSSR count). The maximum Gasteiger partial charge on any atom is 0.255 e. The Morgan fingerprint density at radius 1 is 1.48 bits per heavy atom. The fourth-order valence-corrected chi connectivity index (χ4v) is 2.15. The van der Waals surface area contributed by atoms with Crippen molar-refractivity contribution < 1.29 is 4.79 Å². The van der Waals surface area contributed by atoms with Crippen molar-refractivity contribution in [2.45, 2.75) is 32.7 Å². The average molecular weight is 357 g/mol. The van der Waals surface area contributed by atoms with Crippen molar-refractivity contribution in [3.8, 4) is 0 Å². The second-order valence-corrected chi connectivity index (χ2v) is 6.36. The van der Waals surface area contributed by atoms with Gasteiger partial charge in [0.05, 0.1) is 5.56 Å². The standard InChI is InChI=1S/C15H25BrN4O/c1-5-7-17-14-13(9-12(16)10-18-14)15(21)19-11(2)6-8-20(3)4/h9-11H,5-8H2,1-4H3,(H,17,18)(H,19,21). The molecule has 0 saturated heterocycles. The Labute approximate surface area is 135 Å². The highest BCUT2D eigenvalue weighted by Crippen LogP contribution is 2.18. The molecular formula is C15H25BrN4O. The lowest BCUT2D eigenvalue weighted by Gasteiger charge is -2.18. The van der Waals surface area contributed by atoms with Crippen LogP contribution in [0.25, 0.3) is 0 Å². The Balaban J connectivity index is 2.73. The van der Waals surface area contributed by atoms with E-state index >= 15 is 0 Å². The molecule has 6 heteroatoms. The third-order valence-electron chi connectivity index (χ3n) is 3.03. The van der Waals surface area contributed by atoms with E-state index in [0.29, 0.717) is 11.4 Å². The minimum Gasteiger partial charge on any atom is -0.369 e. The molecule has 0 aliphatic rings. The Kier molecular flexibility index (Phi) is 7.67. The zero-order valence-electron chi connectivity index (χ0n) is 13.2. The van der Waals surface area contributed by atoms with Gasteiger partial charge < -0.3 is 15.5 Å². The van der Waals surface area contributed by atoms with Crippen molar-refractivity contribution in [3.63, 3.8) is 0 Å². The van der Waals surface area contributed by atoms with Gasteiger partial charge in [0, 0.05) is 23.3 Å². The van der Waals surface area contributed by atoms with Crippen molar-refractivity contribution >= 4 is 27.7 Å². The number of rotatable bonds is 8. The minimum absolute atomic E-state index is 0.0892. The molecule has 118 valence electrons. The van der Waals surface area contributed by atoms with Crippen molar-refractivity contribution in [1.82, 2.24) is 15.2 Å². The van der Waals surface area contributed by atoms with Crippen LogP contribution < -0.4 is 10.6 Å². The van der Waals surface area contributed by atoms with Gasteiger partial charge in [-0.15, -0.1) is 0 Å². The summed E-state index contributed by atoms with van der Waals surface area (Å²) in [7, 11) is 4.05. The maximum absolute atomic E-state index is 12.4. The molecule has 0 spiro atoms. The molecule has 0 fully saturated rings. The van der Waals surface area contributed by atoms with E-state index in [2.05, 4.69) is 43.4 Å². The molecule has 1 atom stereocenters. The number of carbonyl (C=O) groups is 1. The largest absolute Gasteiger partial charge is 0.369 e. The van der Waals surface area contributed by atoms with Crippen LogP contribution in [0.15, 0.2) is 16.7 Å². The molecule has 0 bridgehead atoms. The van der Waals surface area contributed by atoms with Gasteiger partial charge in [-0.1, -0.05) is 6.92 Å². The number of aromatic nitrogens is 1. The molecule has 0 saturated carbocycles. The molecule has 0 aliphatic heterocycles. The summed E-state index contributed by atoms with van der Waals surface area (Å²) in [6.45, 7) is 5.84. The number of pyridine rings is 1. The highest BCUT2D eigenvalue weighted by molar-refractivity contribution is 9.10. The summed E-state index contributed by atoms with van der Waals surface area (Å²) in [5, 5.41) is 6.22. The Hall–Kier alpha value is -1.14. The molecule has 1 amide bonds. The third kappa shape index (κ3) is 6.44. The number of nitrogens with zero attached hydrogens (tertiary/aromatic N) is 2. The van der Waals surface area contributed by atoms with Gasteiger partial charge in [0.2, 0.25) is 0 Å². The first-order valence-corrected chi connectivity index (χ1v) is 8.08. The van der Waals surface area contributed by atoms with Crippen LogP contribution in [0.4, 0.5) is 5.82 Å². The monoisotopic (exact) mass is 356 g/mol. The quantitative estimate of drug-likeness (QED) is 0.751. The van der Waals surface area contributed by atoms with E-state index in [1.807, 2.05) is 21.0 Å². The fraction of sp³-hybridized carbons (Fsp3) is 0.600. The number of carbonyl (C=O) groups excluding carboxylic acids is 1. The lowest BCUT2D eigenvalue weighted by atomic mass is 10.2. The van der Waals surface area contributed by atoms with E-state index in [-0.39, 0.29) is 11.9 Å². The number of nitrogens with one attached hydrogen (secondary N) is 2. The van der Waals surface area contributed by atoms with E-state index in [1.165, 1.54) is 0 Å². The topological polar surface area (TPSA) is 57.3 Å². The number of anilines is 1. The van der Waals surface area contributed by atoms with Crippen molar-refractivity contribution in [2.24, 2.45) is 0 Å². The number of amides is 1. The molecule has 1 heterocycles. The second kappa shape index (κ2) is 9.00. The number of hydrogen-bond donors (Lipinski definition) is 2. The second-order valence-electron chi connectivity index (χ2n) is 5.44. The van der Waals surface area contributed by atoms with Crippen LogP contribution in [0.2, 0.25) is 0 Å². The molecular weight excluding hydrogens is 332 g/mol. The molecule has 0 aromatic carbocycles. The Bertz CT molecular complexity index is 465. The van der Waals surface area contributed by atoms with E-state index in [1.54, 1.807) is 12.3 Å². The van der Waals surface area contributed by atoms with Gasteiger partial charge in [-0.2, -0.15) is 0 Å². The van der Waals surface area contributed by atoms with Crippen LogP contribution in [-0.2, 0) is 0 Å². The van der Waals surface area contributed by atoms with E-state index in [4.69, 9.17) is 0 Å². The number of hydrogen-bond acceptors (Lipinski definition) is 4.